The molecule has 1 aromatic carbocycles. The molecular weight excluding hydrogens is 462 g/mol. The van der Waals surface area contributed by atoms with Crippen LogP contribution in [0.3, 0.4) is 0 Å². The van der Waals surface area contributed by atoms with E-state index >= 15 is 0 Å². The third-order valence-corrected chi connectivity index (χ3v) is 6.86. The molecule has 0 atom stereocenters. The number of aromatic nitrogens is 1. The van der Waals surface area contributed by atoms with E-state index in [1.165, 1.54) is 24.3 Å². The number of amides is 4. The molecule has 0 spiro atoms. The Labute approximate surface area is 186 Å². The predicted octanol–water partition coefficient (Wildman–Crippen LogP) is 2.40. The van der Waals surface area contributed by atoms with Crippen LogP contribution in [0.15, 0.2) is 33.7 Å². The molecule has 176 valence electrons. The fourth-order valence-electron chi connectivity index (χ4n) is 2.45. The molecule has 0 radical (unpaired) electrons. The summed E-state index contributed by atoms with van der Waals surface area (Å²) in [6.45, 7) is 5.10. The first-order chi connectivity index (χ1) is 14.8. The normalized spacial score (nSPS) is 11.6. The number of unbranched alkanes of at least 4 members (excludes halogenated alkanes) is 1. The number of carbonyl (C=O) groups is 2. The van der Waals surface area contributed by atoms with Crippen molar-refractivity contribution in [3.05, 3.63) is 35.5 Å². The van der Waals surface area contributed by atoms with Gasteiger partial charge in [-0.2, -0.15) is 0 Å². The van der Waals surface area contributed by atoms with Gasteiger partial charge in [0.25, 0.3) is 10.0 Å². The molecule has 0 aliphatic carbocycles. The molecule has 2 rings (SSSR count). The van der Waals surface area contributed by atoms with Crippen molar-refractivity contribution in [3.8, 4) is 0 Å². The minimum Gasteiger partial charge on any atom is -0.337 e. The van der Waals surface area contributed by atoms with Crippen LogP contribution in [0.2, 0.25) is 0 Å². The molecule has 1 aromatic heterocycles. The fraction of sp³-hybridized carbons (Fsp3) is 0.389. The smallest absolute Gasteiger partial charge is 0.337 e. The molecule has 0 aliphatic heterocycles. The van der Waals surface area contributed by atoms with Crippen LogP contribution in [0.4, 0.5) is 21.2 Å². The Morgan fingerprint density at radius 3 is 2.22 bits per heavy atom. The summed E-state index contributed by atoms with van der Waals surface area (Å²) in [5, 5.41) is 7.96. The summed E-state index contributed by atoms with van der Waals surface area (Å²) in [5.74, 6) is 0.00101. The molecule has 0 saturated carbocycles. The molecule has 0 saturated heterocycles. The predicted molar refractivity (Wildman–Crippen MR) is 117 cm³/mol. The number of imide groups is 1. The number of nitrogens with zero attached hydrogens (tertiary/aromatic N) is 2. The summed E-state index contributed by atoms with van der Waals surface area (Å²) in [6, 6.07) is 3.04. The zero-order valence-electron chi connectivity index (χ0n) is 18.0. The Morgan fingerprint density at radius 1 is 1.09 bits per heavy atom. The van der Waals surface area contributed by atoms with Crippen LogP contribution in [0.25, 0.3) is 0 Å². The zero-order valence-corrected chi connectivity index (χ0v) is 19.6. The van der Waals surface area contributed by atoms with E-state index in [0.717, 1.165) is 6.26 Å². The second-order valence-electron chi connectivity index (χ2n) is 6.92. The number of carbonyl (C=O) groups excluding carboxylic acids is 2. The highest BCUT2D eigenvalue weighted by molar-refractivity contribution is 7.92. The van der Waals surface area contributed by atoms with Crippen molar-refractivity contribution in [1.82, 2.24) is 14.8 Å². The van der Waals surface area contributed by atoms with E-state index in [1.54, 1.807) is 13.8 Å². The van der Waals surface area contributed by atoms with Gasteiger partial charge in [-0.15, -0.1) is 0 Å². The lowest BCUT2D eigenvalue weighted by Crippen LogP contribution is -2.47. The van der Waals surface area contributed by atoms with Gasteiger partial charge in [0.1, 0.15) is 0 Å². The Morgan fingerprint density at radius 2 is 1.72 bits per heavy atom. The Kier molecular flexibility index (Phi) is 7.85. The molecule has 14 heteroatoms. The van der Waals surface area contributed by atoms with Crippen molar-refractivity contribution in [3.63, 3.8) is 0 Å². The number of aryl methyl sites for hydroxylation is 1. The number of nitrogens with one attached hydrogen (secondary N) is 3. The van der Waals surface area contributed by atoms with Crippen molar-refractivity contribution < 1.29 is 30.9 Å². The zero-order chi connectivity index (χ0) is 24.1. The highest BCUT2D eigenvalue weighted by atomic mass is 32.2. The molecule has 0 aliphatic rings. The van der Waals surface area contributed by atoms with Crippen molar-refractivity contribution >= 4 is 43.7 Å². The number of sulfonamides is 2. The van der Waals surface area contributed by atoms with Gasteiger partial charge in [-0.25, -0.2) is 35.5 Å². The molecule has 0 unspecified atom stereocenters. The minimum atomic E-state index is -3.96. The summed E-state index contributed by atoms with van der Waals surface area (Å²) in [6.07, 6.45) is 1.97. The number of rotatable bonds is 8. The summed E-state index contributed by atoms with van der Waals surface area (Å²) >= 11 is 0. The van der Waals surface area contributed by atoms with Crippen LogP contribution in [0.5, 0.6) is 0 Å². The van der Waals surface area contributed by atoms with Crippen LogP contribution in [0, 0.1) is 13.8 Å². The topological polar surface area (TPSA) is 168 Å². The number of hydrogen-bond donors (Lipinski definition) is 3. The van der Waals surface area contributed by atoms with Crippen molar-refractivity contribution in [1.29, 1.82) is 0 Å². The molecule has 1 heterocycles. The fourth-order valence-corrected chi connectivity index (χ4v) is 4.30. The maximum atomic E-state index is 12.5. The van der Waals surface area contributed by atoms with Gasteiger partial charge in [0.2, 0.25) is 15.9 Å². The number of urea groups is 2. The minimum absolute atomic E-state index is 0.00101. The molecule has 0 bridgehead atoms. The largest absolute Gasteiger partial charge is 0.339 e. The summed E-state index contributed by atoms with van der Waals surface area (Å²) in [5.41, 5.74) is 1.28. The second kappa shape index (κ2) is 9.99. The van der Waals surface area contributed by atoms with Gasteiger partial charge < -0.3 is 9.84 Å². The van der Waals surface area contributed by atoms with E-state index in [1.807, 2.05) is 12.2 Å². The second-order valence-corrected chi connectivity index (χ2v) is 10.5. The molecule has 2 aromatic rings. The molecular formula is C18H25N5O7S2. The lowest BCUT2D eigenvalue weighted by atomic mass is 10.3. The molecule has 3 N–H and O–H groups in total. The summed E-state index contributed by atoms with van der Waals surface area (Å²) < 4.78 is 56.3. The van der Waals surface area contributed by atoms with Crippen molar-refractivity contribution in [2.45, 2.75) is 38.5 Å². The average molecular weight is 488 g/mol. The standard InChI is InChI=1S/C18H25N5O7S2/c1-5-6-11-23(31(4,26)27)18(25)20-17(24)19-14-7-9-15(10-8-14)32(28,29)22-16-12(2)13(3)21-30-16/h7-10,22H,5-6,11H2,1-4H3,(H2,19,20,24,25). The highest BCUT2D eigenvalue weighted by Crippen LogP contribution is 2.22. The first-order valence-electron chi connectivity index (χ1n) is 9.50. The number of anilines is 2. The van der Waals surface area contributed by atoms with Crippen LogP contribution in [0.1, 0.15) is 31.0 Å². The van der Waals surface area contributed by atoms with Gasteiger partial charge >= 0.3 is 12.1 Å². The molecule has 4 amide bonds. The van der Waals surface area contributed by atoms with E-state index in [9.17, 15) is 26.4 Å². The third-order valence-electron chi connectivity index (χ3n) is 4.37. The van der Waals surface area contributed by atoms with E-state index in [4.69, 9.17) is 4.52 Å². The highest BCUT2D eigenvalue weighted by Gasteiger charge is 2.24. The molecule has 32 heavy (non-hydrogen) atoms. The Balaban J connectivity index is 2.04. The van der Waals surface area contributed by atoms with E-state index in [-0.39, 0.29) is 23.0 Å². The monoisotopic (exact) mass is 487 g/mol. The Hall–Kier alpha value is -3.13. The van der Waals surface area contributed by atoms with Crippen LogP contribution < -0.4 is 15.4 Å². The van der Waals surface area contributed by atoms with Crippen LogP contribution in [-0.4, -0.2) is 51.2 Å². The number of hydrogen-bond acceptors (Lipinski definition) is 8. The van der Waals surface area contributed by atoms with Crippen molar-refractivity contribution in [2.24, 2.45) is 0 Å². The van der Waals surface area contributed by atoms with Gasteiger partial charge in [0.15, 0.2) is 0 Å². The maximum absolute atomic E-state index is 12.5. The van der Waals surface area contributed by atoms with Gasteiger partial charge in [0, 0.05) is 17.8 Å². The van der Waals surface area contributed by atoms with Crippen molar-refractivity contribution in [2.75, 3.05) is 22.8 Å². The SMILES string of the molecule is CCCCN(C(=O)NC(=O)Nc1ccc(S(=O)(=O)Nc2onc(C)c2C)cc1)S(C)(=O)=O. The van der Waals surface area contributed by atoms with Gasteiger partial charge in [0.05, 0.1) is 16.8 Å². The lowest BCUT2D eigenvalue weighted by molar-refractivity contribution is 0.219. The average Bonchev–Trinajstić information content (AvgIpc) is 2.99. The van der Waals surface area contributed by atoms with E-state index < -0.39 is 32.1 Å². The summed E-state index contributed by atoms with van der Waals surface area (Å²) in [4.78, 5) is 24.1. The number of benzene rings is 1. The van der Waals surface area contributed by atoms with Crippen LogP contribution >= 0.6 is 0 Å². The Bertz CT molecular complexity index is 1190. The van der Waals surface area contributed by atoms with Gasteiger partial charge in [-0.1, -0.05) is 18.5 Å². The maximum Gasteiger partial charge on any atom is 0.339 e. The lowest BCUT2D eigenvalue weighted by Gasteiger charge is -2.20. The first kappa shape index (κ1) is 25.1. The summed E-state index contributed by atoms with van der Waals surface area (Å²) in [7, 11) is -7.81. The first-order valence-corrected chi connectivity index (χ1v) is 12.8. The quantitative estimate of drug-likeness (QED) is 0.510. The molecule has 12 nitrogen and oxygen atoms in total. The van der Waals surface area contributed by atoms with Gasteiger partial charge in [-0.05, 0) is 44.5 Å². The molecule has 0 fully saturated rings. The van der Waals surface area contributed by atoms with Crippen LogP contribution in [-0.2, 0) is 20.0 Å². The van der Waals surface area contributed by atoms with E-state index in [2.05, 4.69) is 15.2 Å². The van der Waals surface area contributed by atoms with Gasteiger partial charge in [-0.3, -0.25) is 5.32 Å². The van der Waals surface area contributed by atoms with E-state index in [0.29, 0.717) is 28.4 Å². The third kappa shape index (κ3) is 6.43.